The Morgan fingerprint density at radius 3 is 1.72 bits per heavy atom. The Hall–Kier alpha value is -0.790. The van der Waals surface area contributed by atoms with Gasteiger partial charge in [-0.15, -0.1) is 0 Å². The van der Waals surface area contributed by atoms with Crippen LogP contribution in [0, 0.1) is 0 Å². The van der Waals surface area contributed by atoms with Crippen molar-refractivity contribution >= 4 is 10.4 Å². The maximum atomic E-state index is 10.1. The van der Waals surface area contributed by atoms with Crippen molar-refractivity contribution < 1.29 is 17.2 Å². The lowest BCUT2D eigenvalue weighted by molar-refractivity contribution is 0.261. The van der Waals surface area contributed by atoms with Gasteiger partial charge >= 0.3 is 10.4 Å². The lowest BCUT2D eigenvalue weighted by Crippen LogP contribution is -2.23. The molecular weight excluding hydrogens is 388 g/mol. The predicted octanol–water partition coefficient (Wildman–Crippen LogP) is 5.97. The van der Waals surface area contributed by atoms with E-state index in [2.05, 4.69) is 47.3 Å². The summed E-state index contributed by atoms with van der Waals surface area (Å²) in [4.78, 5) is 4.63. The predicted molar refractivity (Wildman–Crippen MR) is 122 cm³/mol. The highest BCUT2D eigenvalue weighted by Crippen LogP contribution is 2.10. The summed E-state index contributed by atoms with van der Waals surface area (Å²) in [5.74, 6) is 0. The fourth-order valence-electron chi connectivity index (χ4n) is 3.23. The Labute approximate surface area is 180 Å². The molecule has 7 heteroatoms. The molecular formula is C22H46N2O4S. The Morgan fingerprint density at radius 2 is 1.28 bits per heavy atom. The molecule has 0 spiro atoms. The molecule has 174 valence electrons. The fourth-order valence-corrected chi connectivity index (χ4v) is 3.56. The van der Waals surface area contributed by atoms with Gasteiger partial charge in [0.05, 0.1) is 13.3 Å². The van der Waals surface area contributed by atoms with Gasteiger partial charge in [0.25, 0.3) is 0 Å². The van der Waals surface area contributed by atoms with Gasteiger partial charge in [0.15, 0.2) is 0 Å². The van der Waals surface area contributed by atoms with Crippen LogP contribution < -0.4 is 0 Å². The second-order valence-electron chi connectivity index (χ2n) is 8.00. The number of hydrogen-bond donors (Lipinski definition) is 1. The second kappa shape index (κ2) is 19.2. The van der Waals surface area contributed by atoms with E-state index in [-0.39, 0.29) is 6.61 Å². The highest BCUT2D eigenvalue weighted by molar-refractivity contribution is 7.80. The molecule has 29 heavy (non-hydrogen) atoms. The van der Waals surface area contributed by atoms with Crippen LogP contribution in [0.4, 0.5) is 0 Å². The van der Waals surface area contributed by atoms with Gasteiger partial charge in [0.1, 0.15) is 0 Å². The van der Waals surface area contributed by atoms with Crippen molar-refractivity contribution in [1.29, 1.82) is 0 Å². The molecule has 0 radical (unpaired) electrons. The van der Waals surface area contributed by atoms with E-state index in [4.69, 9.17) is 4.55 Å². The van der Waals surface area contributed by atoms with E-state index < -0.39 is 10.4 Å². The largest absolute Gasteiger partial charge is 0.397 e. The maximum absolute atomic E-state index is 10.1. The first-order chi connectivity index (χ1) is 13.9. The van der Waals surface area contributed by atoms with Crippen molar-refractivity contribution in [1.82, 2.24) is 9.80 Å². The molecule has 1 N–H and O–H groups in total. The summed E-state index contributed by atoms with van der Waals surface area (Å²) >= 11 is 0. The molecule has 1 heterocycles. The number of rotatable bonds is 17. The summed E-state index contributed by atoms with van der Waals surface area (Å²) in [6, 6.07) is 0. The molecule has 0 bridgehead atoms. The van der Waals surface area contributed by atoms with E-state index in [1.807, 2.05) is 0 Å². The van der Waals surface area contributed by atoms with E-state index in [9.17, 15) is 8.42 Å². The number of nitrogens with zero attached hydrogens (tertiary/aromatic N) is 2. The molecule has 0 aromatic rings. The first-order valence-electron chi connectivity index (χ1n) is 11.6. The smallest absolute Gasteiger partial charge is 0.362 e. The molecule has 1 rings (SSSR count). The molecule has 0 unspecified atom stereocenters. The van der Waals surface area contributed by atoms with Gasteiger partial charge in [0.2, 0.25) is 0 Å². The van der Waals surface area contributed by atoms with Crippen molar-refractivity contribution in [3.63, 3.8) is 0 Å². The van der Waals surface area contributed by atoms with Crippen molar-refractivity contribution in [3.8, 4) is 0 Å². The van der Waals surface area contributed by atoms with Crippen LogP contribution in [0.3, 0.4) is 0 Å². The van der Waals surface area contributed by atoms with Gasteiger partial charge in [-0.2, -0.15) is 8.42 Å². The maximum Gasteiger partial charge on any atom is 0.397 e. The monoisotopic (exact) mass is 434 g/mol. The van der Waals surface area contributed by atoms with E-state index in [0.29, 0.717) is 6.42 Å². The van der Waals surface area contributed by atoms with Crippen LogP contribution in [-0.2, 0) is 14.6 Å². The minimum atomic E-state index is -4.22. The van der Waals surface area contributed by atoms with Crippen molar-refractivity contribution in [2.24, 2.45) is 0 Å². The molecule has 1 aliphatic rings. The van der Waals surface area contributed by atoms with Crippen LogP contribution in [0.15, 0.2) is 12.4 Å². The van der Waals surface area contributed by atoms with Gasteiger partial charge in [0, 0.05) is 26.0 Å². The quantitative estimate of drug-likeness (QED) is 0.225. The van der Waals surface area contributed by atoms with Crippen LogP contribution in [0.25, 0.3) is 0 Å². The third kappa shape index (κ3) is 21.7. The van der Waals surface area contributed by atoms with E-state index >= 15 is 0 Å². The Morgan fingerprint density at radius 1 is 0.793 bits per heavy atom. The van der Waals surface area contributed by atoms with Crippen LogP contribution in [0.2, 0.25) is 0 Å². The summed E-state index contributed by atoms with van der Waals surface area (Å²) in [5, 5.41) is 0. The molecule has 0 aliphatic carbocycles. The van der Waals surface area contributed by atoms with Gasteiger partial charge in [-0.1, -0.05) is 90.9 Å². The Balaban J connectivity index is 0.000000555. The lowest BCUT2D eigenvalue weighted by atomic mass is 10.1. The van der Waals surface area contributed by atoms with Gasteiger partial charge in [-0.25, -0.2) is 4.18 Å². The van der Waals surface area contributed by atoms with Crippen molar-refractivity contribution in [2.75, 3.05) is 26.9 Å². The van der Waals surface area contributed by atoms with Crippen LogP contribution in [0.1, 0.15) is 104 Å². The third-order valence-electron chi connectivity index (χ3n) is 4.97. The summed E-state index contributed by atoms with van der Waals surface area (Å²) in [6.07, 6.45) is 22.0. The zero-order valence-corrected chi connectivity index (χ0v) is 20.0. The fraction of sp³-hybridized carbons (Fsp3) is 0.909. The van der Waals surface area contributed by atoms with E-state index in [1.165, 1.54) is 77.2 Å². The molecule has 0 aromatic carbocycles. The summed E-state index contributed by atoms with van der Waals surface area (Å²) in [5.41, 5.74) is 0. The molecule has 1 aliphatic heterocycles. The molecule has 0 saturated heterocycles. The zero-order valence-electron chi connectivity index (χ0n) is 19.2. The lowest BCUT2D eigenvalue weighted by Gasteiger charge is -2.17. The first kappa shape index (κ1) is 28.2. The van der Waals surface area contributed by atoms with Crippen molar-refractivity contribution in [2.45, 2.75) is 104 Å². The van der Waals surface area contributed by atoms with Crippen LogP contribution >= 0.6 is 0 Å². The molecule has 0 aromatic heterocycles. The third-order valence-corrected chi connectivity index (χ3v) is 5.43. The van der Waals surface area contributed by atoms with E-state index in [0.717, 1.165) is 19.5 Å². The van der Waals surface area contributed by atoms with Gasteiger partial charge < -0.3 is 9.80 Å². The highest BCUT2D eigenvalue weighted by Gasteiger charge is 2.06. The van der Waals surface area contributed by atoms with Gasteiger partial charge in [-0.05, 0) is 12.8 Å². The highest BCUT2D eigenvalue weighted by atomic mass is 32.3. The summed E-state index contributed by atoms with van der Waals surface area (Å²) in [6.45, 7) is 6.82. The summed E-state index contributed by atoms with van der Waals surface area (Å²) in [7, 11) is -2.09. The van der Waals surface area contributed by atoms with E-state index in [1.54, 1.807) is 0 Å². The standard InChI is InChI=1S/C14H28N2.C8H18O4S/c1-3-4-5-6-7-8-9-10-11-16-13-12-15(2)14-16;1-2-3-4-5-6-7-8-12-13(9,10)11/h12-13H,3-11,14H2,1-2H3;2-8H2,1H3,(H,9,10,11). The van der Waals surface area contributed by atoms with Gasteiger partial charge in [-0.3, -0.25) is 4.55 Å². The average molecular weight is 435 g/mol. The second-order valence-corrected chi connectivity index (χ2v) is 9.09. The number of hydrogen-bond acceptors (Lipinski definition) is 5. The minimum absolute atomic E-state index is 0.0883. The topological polar surface area (TPSA) is 70.1 Å². The molecule has 0 fully saturated rings. The minimum Gasteiger partial charge on any atom is -0.362 e. The Kier molecular flexibility index (Phi) is 18.7. The average Bonchev–Trinajstić information content (AvgIpc) is 3.08. The SMILES string of the molecule is CCCCCCCCCCN1C=CN(C)C1.CCCCCCCCOS(=O)(=O)O. The zero-order chi connectivity index (χ0) is 21.8. The molecule has 0 amide bonds. The first-order valence-corrected chi connectivity index (χ1v) is 13.0. The molecule has 0 saturated carbocycles. The number of unbranched alkanes of at least 4 members (excludes halogenated alkanes) is 12. The van der Waals surface area contributed by atoms with Crippen LogP contribution in [-0.4, -0.2) is 49.6 Å². The molecule has 6 nitrogen and oxygen atoms in total. The Bertz CT molecular complexity index is 483. The summed E-state index contributed by atoms with van der Waals surface area (Å²) < 4.78 is 32.6. The molecule has 0 atom stereocenters. The van der Waals surface area contributed by atoms with Crippen molar-refractivity contribution in [3.05, 3.63) is 12.4 Å². The van der Waals surface area contributed by atoms with Crippen LogP contribution in [0.5, 0.6) is 0 Å². The normalized spacial score (nSPS) is 13.7.